The molecule has 0 saturated carbocycles. The van der Waals surface area contributed by atoms with Crippen molar-refractivity contribution in [1.29, 1.82) is 0 Å². The summed E-state index contributed by atoms with van der Waals surface area (Å²) in [5, 5.41) is 9.66. The monoisotopic (exact) mass is 373 g/mol. The number of hydrogen-bond donors (Lipinski definition) is 1. The quantitative estimate of drug-likeness (QED) is 0.309. The van der Waals surface area contributed by atoms with Crippen LogP contribution in [0.25, 0.3) is 0 Å². The molecule has 1 aliphatic rings. The number of aliphatic hydroxyl groups is 1. The van der Waals surface area contributed by atoms with Crippen LogP contribution in [0.3, 0.4) is 0 Å². The number of hydrogen-bond acceptors (Lipinski definition) is 2. The minimum absolute atomic E-state index is 0.240. The molecular formula is C24H41N2O+. The van der Waals surface area contributed by atoms with Crippen LogP contribution < -0.4 is 0 Å². The molecule has 1 atom stereocenters. The van der Waals surface area contributed by atoms with Gasteiger partial charge >= 0.3 is 0 Å². The Morgan fingerprint density at radius 3 is 2.15 bits per heavy atom. The van der Waals surface area contributed by atoms with Crippen LogP contribution in [0.4, 0.5) is 0 Å². The van der Waals surface area contributed by atoms with Crippen molar-refractivity contribution in [2.45, 2.75) is 84.1 Å². The summed E-state index contributed by atoms with van der Waals surface area (Å²) in [6.45, 7) is 6.25. The van der Waals surface area contributed by atoms with Gasteiger partial charge in [0.15, 0.2) is 5.84 Å². The lowest BCUT2D eigenvalue weighted by Gasteiger charge is -2.34. The fourth-order valence-electron chi connectivity index (χ4n) is 4.35. The molecule has 0 saturated heterocycles. The number of aliphatic hydroxyl groups excluding tert-OH is 1. The van der Waals surface area contributed by atoms with E-state index in [2.05, 4.69) is 37.3 Å². The minimum Gasteiger partial charge on any atom is -0.390 e. The minimum atomic E-state index is 0.240. The topological polar surface area (TPSA) is 32.6 Å². The molecule has 0 aliphatic carbocycles. The van der Waals surface area contributed by atoms with Gasteiger partial charge in [-0.3, -0.25) is 4.48 Å². The Bertz CT molecular complexity index is 528. The van der Waals surface area contributed by atoms with Crippen LogP contribution in [0.5, 0.6) is 0 Å². The smallest absolute Gasteiger partial charge is 0.198 e. The second-order valence-corrected chi connectivity index (χ2v) is 8.19. The SMILES string of the molecule is CCCCCCCCCCCCC1=NCC[N+]1(CCO)Cc1ccccc1. The van der Waals surface area contributed by atoms with Crippen molar-refractivity contribution >= 4 is 5.84 Å². The average molecular weight is 374 g/mol. The largest absolute Gasteiger partial charge is 0.390 e. The van der Waals surface area contributed by atoms with Crippen molar-refractivity contribution in [3.63, 3.8) is 0 Å². The van der Waals surface area contributed by atoms with Crippen LogP contribution in [0.1, 0.15) is 83.1 Å². The highest BCUT2D eigenvalue weighted by Crippen LogP contribution is 2.24. The second-order valence-electron chi connectivity index (χ2n) is 8.19. The van der Waals surface area contributed by atoms with Gasteiger partial charge in [0.25, 0.3) is 0 Å². The van der Waals surface area contributed by atoms with Crippen LogP contribution in [0.15, 0.2) is 35.3 Å². The van der Waals surface area contributed by atoms with E-state index in [9.17, 15) is 5.11 Å². The van der Waals surface area contributed by atoms with E-state index in [0.717, 1.165) is 37.1 Å². The molecule has 1 aromatic rings. The molecular weight excluding hydrogens is 332 g/mol. The summed E-state index contributed by atoms with van der Waals surface area (Å²) in [6.07, 6.45) is 14.8. The highest BCUT2D eigenvalue weighted by atomic mass is 16.3. The van der Waals surface area contributed by atoms with E-state index in [1.165, 1.54) is 75.6 Å². The molecule has 1 aliphatic heterocycles. The summed E-state index contributed by atoms with van der Waals surface area (Å²) >= 11 is 0. The Hall–Kier alpha value is -1.19. The van der Waals surface area contributed by atoms with Crippen molar-refractivity contribution in [3.05, 3.63) is 35.9 Å². The summed E-state index contributed by atoms with van der Waals surface area (Å²) in [4.78, 5) is 4.86. The third-order valence-electron chi connectivity index (χ3n) is 5.98. The molecule has 0 fully saturated rings. The Morgan fingerprint density at radius 1 is 0.889 bits per heavy atom. The molecule has 0 amide bonds. The van der Waals surface area contributed by atoms with Crippen LogP contribution in [-0.2, 0) is 6.54 Å². The van der Waals surface area contributed by atoms with E-state index in [4.69, 9.17) is 4.99 Å². The Labute approximate surface area is 167 Å². The van der Waals surface area contributed by atoms with Gasteiger partial charge in [0.1, 0.15) is 19.6 Å². The molecule has 152 valence electrons. The van der Waals surface area contributed by atoms with E-state index in [1.807, 2.05) is 0 Å². The number of aliphatic imine (C=N–C) groups is 1. The maximum absolute atomic E-state index is 9.66. The summed E-state index contributed by atoms with van der Waals surface area (Å²) in [7, 11) is 0. The first-order valence-corrected chi connectivity index (χ1v) is 11.4. The molecule has 0 aromatic heterocycles. The van der Waals surface area contributed by atoms with Crippen molar-refractivity contribution < 1.29 is 9.59 Å². The average Bonchev–Trinajstić information content (AvgIpc) is 3.06. The van der Waals surface area contributed by atoms with Gasteiger partial charge in [-0.1, -0.05) is 95.0 Å². The third kappa shape index (κ3) is 7.75. The first kappa shape index (κ1) is 22.1. The molecule has 1 N–H and O–H groups in total. The first-order chi connectivity index (χ1) is 13.3. The number of benzene rings is 1. The van der Waals surface area contributed by atoms with Gasteiger partial charge in [0.2, 0.25) is 0 Å². The number of nitrogens with zero attached hydrogens (tertiary/aromatic N) is 2. The van der Waals surface area contributed by atoms with Gasteiger partial charge in [-0.25, -0.2) is 4.99 Å². The van der Waals surface area contributed by atoms with Crippen molar-refractivity contribution in [1.82, 2.24) is 0 Å². The predicted molar refractivity (Wildman–Crippen MR) is 116 cm³/mol. The van der Waals surface area contributed by atoms with Gasteiger partial charge in [0.05, 0.1) is 13.2 Å². The van der Waals surface area contributed by atoms with Gasteiger partial charge in [-0.15, -0.1) is 0 Å². The van der Waals surface area contributed by atoms with Crippen molar-refractivity contribution in [2.75, 3.05) is 26.2 Å². The molecule has 2 rings (SSSR count). The summed E-state index contributed by atoms with van der Waals surface area (Å²) < 4.78 is 0.873. The molecule has 1 aromatic carbocycles. The molecule has 27 heavy (non-hydrogen) atoms. The Morgan fingerprint density at radius 2 is 1.52 bits per heavy atom. The molecule has 0 radical (unpaired) electrons. The molecule has 3 heteroatoms. The van der Waals surface area contributed by atoms with Gasteiger partial charge < -0.3 is 5.11 Å². The summed E-state index contributed by atoms with van der Waals surface area (Å²) in [6, 6.07) is 10.7. The number of unbranched alkanes of at least 4 members (excludes halogenated alkanes) is 9. The lowest BCUT2D eigenvalue weighted by atomic mass is 10.0. The van der Waals surface area contributed by atoms with E-state index in [-0.39, 0.29) is 6.61 Å². The molecule has 0 spiro atoms. The normalized spacial score (nSPS) is 19.4. The standard InChI is InChI=1S/C24H41N2O/c1-2-3-4-5-6-7-8-9-10-14-17-24-25-18-19-26(24,20-21-27)22-23-15-12-11-13-16-23/h11-13,15-16,27H,2-10,14,17-22H2,1H3/q+1. The van der Waals surface area contributed by atoms with E-state index in [0.29, 0.717) is 0 Å². The second kappa shape index (κ2) is 13.1. The Kier molecular flexibility index (Phi) is 10.7. The van der Waals surface area contributed by atoms with Crippen LogP contribution in [-0.4, -0.2) is 41.7 Å². The van der Waals surface area contributed by atoms with Crippen LogP contribution >= 0.6 is 0 Å². The summed E-state index contributed by atoms with van der Waals surface area (Å²) in [5.74, 6) is 1.33. The lowest BCUT2D eigenvalue weighted by Crippen LogP contribution is -2.51. The van der Waals surface area contributed by atoms with Crippen molar-refractivity contribution in [3.8, 4) is 0 Å². The van der Waals surface area contributed by atoms with Gasteiger partial charge in [-0.2, -0.15) is 0 Å². The highest BCUT2D eigenvalue weighted by Gasteiger charge is 2.37. The lowest BCUT2D eigenvalue weighted by molar-refractivity contribution is -0.850. The number of amidine groups is 1. The maximum Gasteiger partial charge on any atom is 0.198 e. The highest BCUT2D eigenvalue weighted by molar-refractivity contribution is 5.76. The first-order valence-electron chi connectivity index (χ1n) is 11.4. The third-order valence-corrected chi connectivity index (χ3v) is 5.98. The maximum atomic E-state index is 9.66. The zero-order valence-corrected chi connectivity index (χ0v) is 17.5. The van der Waals surface area contributed by atoms with Crippen LogP contribution in [0.2, 0.25) is 0 Å². The molecule has 1 unspecified atom stereocenters. The van der Waals surface area contributed by atoms with E-state index in [1.54, 1.807) is 0 Å². The van der Waals surface area contributed by atoms with Crippen LogP contribution in [0, 0.1) is 0 Å². The fraction of sp³-hybridized carbons (Fsp3) is 0.708. The van der Waals surface area contributed by atoms with E-state index < -0.39 is 0 Å². The molecule has 3 nitrogen and oxygen atoms in total. The molecule has 1 heterocycles. The Balaban J connectivity index is 1.69. The molecule has 0 bridgehead atoms. The summed E-state index contributed by atoms with van der Waals surface area (Å²) in [5.41, 5.74) is 1.35. The zero-order chi connectivity index (χ0) is 19.2. The van der Waals surface area contributed by atoms with E-state index >= 15 is 0 Å². The number of quaternary nitrogens is 1. The van der Waals surface area contributed by atoms with Gasteiger partial charge in [-0.05, 0) is 6.42 Å². The number of rotatable bonds is 15. The predicted octanol–water partition coefficient (Wildman–Crippen LogP) is 5.72. The van der Waals surface area contributed by atoms with Gasteiger partial charge in [0, 0.05) is 12.0 Å². The zero-order valence-electron chi connectivity index (χ0n) is 17.5. The van der Waals surface area contributed by atoms with Crippen molar-refractivity contribution in [2.24, 2.45) is 4.99 Å². The fourth-order valence-corrected chi connectivity index (χ4v) is 4.35.